The van der Waals surface area contributed by atoms with Gasteiger partial charge in [-0.25, -0.2) is 8.78 Å². The van der Waals surface area contributed by atoms with Crippen LogP contribution in [0, 0.1) is 0 Å². The average Bonchev–Trinajstić information content (AvgIpc) is 2.42. The molecule has 0 fully saturated rings. The molecule has 0 unspecified atom stereocenters. The van der Waals surface area contributed by atoms with Gasteiger partial charge < -0.3 is 9.16 Å². The van der Waals surface area contributed by atoms with Gasteiger partial charge in [0.05, 0.1) is 0 Å². The van der Waals surface area contributed by atoms with Crippen molar-refractivity contribution in [2.24, 2.45) is 0 Å². The molecule has 0 N–H and O–H groups in total. The van der Waals surface area contributed by atoms with Gasteiger partial charge in [0.25, 0.3) is 0 Å². The van der Waals surface area contributed by atoms with Gasteiger partial charge in [0, 0.05) is 18.0 Å². The largest absolute Gasteiger partial charge is 0.487 e. The molecule has 0 aromatic carbocycles. The predicted molar refractivity (Wildman–Crippen MR) is 91.9 cm³/mol. The zero-order valence-electron chi connectivity index (χ0n) is 15.2. The highest BCUT2D eigenvalue weighted by Crippen LogP contribution is 2.37. The Morgan fingerprint density at radius 3 is 2.30 bits per heavy atom. The van der Waals surface area contributed by atoms with E-state index in [2.05, 4.69) is 4.98 Å². The molecule has 6 heteroatoms. The van der Waals surface area contributed by atoms with E-state index in [1.807, 2.05) is 47.7 Å². The Labute approximate surface area is 139 Å². The zero-order chi connectivity index (χ0) is 17.9. The summed E-state index contributed by atoms with van der Waals surface area (Å²) in [5.41, 5.74) is 0.823. The third kappa shape index (κ3) is 6.18. The average molecular weight is 346 g/mol. The third-order valence-electron chi connectivity index (χ3n) is 4.24. The molecule has 0 aliphatic rings. The lowest BCUT2D eigenvalue weighted by Gasteiger charge is -2.37. The van der Waals surface area contributed by atoms with E-state index in [1.165, 1.54) is 0 Å². The maximum atomic E-state index is 14.0. The summed E-state index contributed by atoms with van der Waals surface area (Å²) in [6.45, 7) is 12.7. The van der Waals surface area contributed by atoms with Crippen molar-refractivity contribution in [1.82, 2.24) is 4.98 Å². The highest BCUT2D eigenvalue weighted by Gasteiger charge is 2.41. The number of alkyl halides is 2. The highest BCUT2D eigenvalue weighted by molar-refractivity contribution is 6.74. The van der Waals surface area contributed by atoms with Crippen LogP contribution >= 0.6 is 0 Å². The zero-order valence-corrected chi connectivity index (χ0v) is 16.2. The Hall–Kier alpha value is -1.01. The fourth-order valence-electron chi connectivity index (χ4n) is 1.57. The number of rotatable bonds is 7. The number of halogens is 2. The summed E-state index contributed by atoms with van der Waals surface area (Å²) in [7, 11) is -2.19. The van der Waals surface area contributed by atoms with Gasteiger partial charge in [0.1, 0.15) is 12.4 Å². The van der Waals surface area contributed by atoms with Gasteiger partial charge in [-0.1, -0.05) is 34.6 Å². The van der Waals surface area contributed by atoms with Gasteiger partial charge in [0.2, 0.25) is 0 Å². The molecular formula is C17H29F2NO2Si. The van der Waals surface area contributed by atoms with E-state index in [9.17, 15) is 8.78 Å². The smallest absolute Gasteiger partial charge is 0.302 e. The summed E-state index contributed by atoms with van der Waals surface area (Å²) in [6.07, 6.45) is 1.58. The summed E-state index contributed by atoms with van der Waals surface area (Å²) in [5, 5.41) is -0.0960. The number of hydrogen-bond acceptors (Lipinski definition) is 3. The first kappa shape index (κ1) is 20.0. The normalized spacial score (nSPS) is 13.5. The molecular weight excluding hydrogens is 316 g/mol. The fraction of sp³-hybridized carbons (Fsp3) is 0.706. The molecule has 0 bridgehead atoms. The number of nitrogens with zero attached hydrogens (tertiary/aromatic N) is 1. The van der Waals surface area contributed by atoms with Crippen LogP contribution in [0.15, 0.2) is 18.3 Å². The Morgan fingerprint density at radius 2 is 1.78 bits per heavy atom. The summed E-state index contributed by atoms with van der Waals surface area (Å²) in [5.74, 6) is -2.38. The number of ether oxygens (including phenoxy) is 1. The van der Waals surface area contributed by atoms with Crippen LogP contribution in [0.3, 0.4) is 0 Å². The highest BCUT2D eigenvalue weighted by atomic mass is 28.4. The van der Waals surface area contributed by atoms with Crippen LogP contribution in [0.4, 0.5) is 8.78 Å². The number of aromatic nitrogens is 1. The lowest BCUT2D eigenvalue weighted by molar-refractivity contribution is -0.0761. The van der Waals surface area contributed by atoms with E-state index < -0.39 is 27.5 Å². The van der Waals surface area contributed by atoms with Crippen molar-refractivity contribution in [3.8, 4) is 5.75 Å². The Bertz CT molecular complexity index is 514. The second kappa shape index (κ2) is 7.26. The monoisotopic (exact) mass is 345 g/mol. The summed E-state index contributed by atoms with van der Waals surface area (Å²) < 4.78 is 39.0. The van der Waals surface area contributed by atoms with Crippen molar-refractivity contribution < 1.29 is 17.9 Å². The van der Waals surface area contributed by atoms with Crippen molar-refractivity contribution in [1.29, 1.82) is 0 Å². The fourth-order valence-corrected chi connectivity index (χ4v) is 2.57. The minimum atomic E-state index is -3.02. The van der Waals surface area contributed by atoms with Crippen LogP contribution in [0.2, 0.25) is 18.1 Å². The first-order valence-electron chi connectivity index (χ1n) is 7.95. The SMILES string of the molecule is CC(C)c1cc(OCC(F)(F)CO[Si](C)(C)C(C)(C)C)ccn1. The lowest BCUT2D eigenvalue weighted by atomic mass is 10.1. The van der Waals surface area contributed by atoms with Crippen LogP contribution < -0.4 is 4.74 Å². The topological polar surface area (TPSA) is 31.4 Å². The minimum absolute atomic E-state index is 0.0960. The molecule has 0 aliphatic carbocycles. The lowest BCUT2D eigenvalue weighted by Crippen LogP contribution is -2.45. The van der Waals surface area contributed by atoms with Crippen molar-refractivity contribution in [2.75, 3.05) is 13.2 Å². The molecule has 1 aromatic heterocycles. The predicted octanol–water partition coefficient (Wildman–Crippen LogP) is 5.24. The molecule has 0 saturated heterocycles. The second-order valence-electron chi connectivity index (χ2n) is 7.76. The summed E-state index contributed by atoms with van der Waals surface area (Å²) in [4.78, 5) is 4.19. The molecule has 0 spiro atoms. The molecule has 132 valence electrons. The number of hydrogen-bond donors (Lipinski definition) is 0. The Balaban J connectivity index is 2.61. The first-order chi connectivity index (χ1) is 10.3. The van der Waals surface area contributed by atoms with Crippen LogP contribution in [0.5, 0.6) is 5.75 Å². The van der Waals surface area contributed by atoms with Crippen LogP contribution in [0.1, 0.15) is 46.2 Å². The van der Waals surface area contributed by atoms with E-state index in [-0.39, 0.29) is 11.0 Å². The summed E-state index contributed by atoms with van der Waals surface area (Å²) >= 11 is 0. The molecule has 1 aromatic rings. The van der Waals surface area contributed by atoms with Gasteiger partial charge in [-0.05, 0) is 30.1 Å². The molecule has 1 heterocycles. The van der Waals surface area contributed by atoms with E-state index in [4.69, 9.17) is 9.16 Å². The summed E-state index contributed by atoms with van der Waals surface area (Å²) in [6, 6.07) is 3.30. The quantitative estimate of drug-likeness (QED) is 0.633. The Kier molecular flexibility index (Phi) is 6.32. The van der Waals surface area contributed by atoms with Gasteiger partial charge in [-0.2, -0.15) is 0 Å². The molecule has 0 atom stereocenters. The molecule has 0 amide bonds. The van der Waals surface area contributed by atoms with Gasteiger partial charge in [-0.15, -0.1) is 0 Å². The van der Waals surface area contributed by atoms with E-state index in [1.54, 1.807) is 18.3 Å². The first-order valence-corrected chi connectivity index (χ1v) is 10.9. The third-order valence-corrected chi connectivity index (χ3v) is 8.72. The minimum Gasteiger partial charge on any atom is -0.487 e. The molecule has 0 radical (unpaired) electrons. The van der Waals surface area contributed by atoms with Gasteiger partial charge in [0.15, 0.2) is 14.9 Å². The Morgan fingerprint density at radius 1 is 1.17 bits per heavy atom. The van der Waals surface area contributed by atoms with E-state index in [0.29, 0.717) is 5.75 Å². The molecule has 3 nitrogen and oxygen atoms in total. The second-order valence-corrected chi connectivity index (χ2v) is 12.6. The molecule has 0 aliphatic heterocycles. The van der Waals surface area contributed by atoms with Crippen LogP contribution in [-0.2, 0) is 4.43 Å². The number of pyridine rings is 1. The van der Waals surface area contributed by atoms with Crippen LogP contribution in [0.25, 0.3) is 0 Å². The molecule has 23 heavy (non-hydrogen) atoms. The van der Waals surface area contributed by atoms with E-state index in [0.717, 1.165) is 5.69 Å². The van der Waals surface area contributed by atoms with Gasteiger partial charge in [-0.3, -0.25) is 4.98 Å². The molecule has 0 saturated carbocycles. The van der Waals surface area contributed by atoms with Crippen molar-refractivity contribution >= 4 is 8.32 Å². The van der Waals surface area contributed by atoms with Crippen LogP contribution in [-0.4, -0.2) is 32.4 Å². The maximum absolute atomic E-state index is 14.0. The van der Waals surface area contributed by atoms with Crippen molar-refractivity contribution in [2.45, 2.75) is 64.6 Å². The standard InChI is InChI=1S/C17H29F2NO2Si/c1-13(2)15-10-14(8-9-20-15)21-11-17(18,19)12-22-23(6,7)16(3,4)5/h8-10,13H,11-12H2,1-7H3. The van der Waals surface area contributed by atoms with Gasteiger partial charge >= 0.3 is 5.92 Å². The maximum Gasteiger partial charge on any atom is 0.302 e. The van der Waals surface area contributed by atoms with Crippen molar-refractivity contribution in [3.05, 3.63) is 24.0 Å². The molecule has 1 rings (SSSR count). The van der Waals surface area contributed by atoms with E-state index >= 15 is 0 Å². The van der Waals surface area contributed by atoms with Crippen molar-refractivity contribution in [3.63, 3.8) is 0 Å².